The van der Waals surface area contributed by atoms with E-state index in [1.165, 1.54) is 25.3 Å². The second-order valence-electron chi connectivity index (χ2n) is 3.75. The maximum Gasteiger partial charge on any atom is 0.186 e. The maximum absolute atomic E-state index is 12.0. The smallest absolute Gasteiger partial charge is 0.186 e. The van der Waals surface area contributed by atoms with E-state index in [0.717, 1.165) is 9.35 Å². The van der Waals surface area contributed by atoms with Crippen LogP contribution in [0.25, 0.3) is 6.08 Å². The van der Waals surface area contributed by atoms with E-state index in [1.807, 2.05) is 11.4 Å². The van der Waals surface area contributed by atoms with Crippen LogP contribution < -0.4 is 4.74 Å². The minimum atomic E-state index is -0.136. The Labute approximate surface area is 123 Å². The molecule has 0 aliphatic carbocycles. The summed E-state index contributed by atoms with van der Waals surface area (Å²) in [6.07, 6.45) is 3.27. The van der Waals surface area contributed by atoms with Crippen LogP contribution in [0.5, 0.6) is 11.5 Å². The highest BCUT2D eigenvalue weighted by Crippen LogP contribution is 2.27. The van der Waals surface area contributed by atoms with E-state index in [2.05, 4.69) is 15.9 Å². The fraction of sp³-hybridized carbons (Fsp3) is 0.0714. The summed E-state index contributed by atoms with van der Waals surface area (Å²) in [5.41, 5.74) is 0.474. The van der Waals surface area contributed by atoms with Crippen molar-refractivity contribution in [1.29, 1.82) is 0 Å². The highest BCUT2D eigenvalue weighted by Gasteiger charge is 2.07. The Balaban J connectivity index is 2.18. The van der Waals surface area contributed by atoms with Crippen LogP contribution in [0.4, 0.5) is 0 Å². The third-order valence-electron chi connectivity index (χ3n) is 2.45. The zero-order valence-electron chi connectivity index (χ0n) is 10.1. The summed E-state index contributed by atoms with van der Waals surface area (Å²) in [4.78, 5) is 13.0. The molecular formula is C14H11BrO3S. The Hall–Kier alpha value is -1.59. The van der Waals surface area contributed by atoms with Crippen molar-refractivity contribution in [2.75, 3.05) is 7.11 Å². The molecule has 98 valence electrons. The lowest BCUT2D eigenvalue weighted by Gasteiger charge is -2.04. The van der Waals surface area contributed by atoms with Gasteiger partial charge in [0.15, 0.2) is 17.3 Å². The molecule has 0 spiro atoms. The van der Waals surface area contributed by atoms with Crippen molar-refractivity contribution in [1.82, 2.24) is 0 Å². The second kappa shape index (κ2) is 6.04. The third-order valence-corrected chi connectivity index (χ3v) is 4.11. The first-order valence-corrected chi connectivity index (χ1v) is 7.11. The van der Waals surface area contributed by atoms with Gasteiger partial charge in [-0.2, -0.15) is 0 Å². The molecule has 3 nitrogen and oxygen atoms in total. The number of phenols is 1. The lowest BCUT2D eigenvalue weighted by atomic mass is 10.1. The van der Waals surface area contributed by atoms with Crippen molar-refractivity contribution in [3.63, 3.8) is 0 Å². The molecule has 0 atom stereocenters. The highest BCUT2D eigenvalue weighted by molar-refractivity contribution is 9.10. The molecular weight excluding hydrogens is 328 g/mol. The molecule has 1 aromatic heterocycles. The molecule has 2 rings (SSSR count). The molecule has 0 radical (unpaired) electrons. The summed E-state index contributed by atoms with van der Waals surface area (Å²) in [5, 5.41) is 11.4. The molecule has 0 bridgehead atoms. The van der Waals surface area contributed by atoms with Crippen molar-refractivity contribution in [2.24, 2.45) is 0 Å². The molecule has 0 saturated heterocycles. The maximum atomic E-state index is 12.0. The zero-order valence-corrected chi connectivity index (χ0v) is 12.5. The van der Waals surface area contributed by atoms with Gasteiger partial charge in [-0.15, -0.1) is 11.3 Å². The number of ether oxygens (including phenoxy) is 1. The molecule has 0 saturated carbocycles. The van der Waals surface area contributed by atoms with Gasteiger partial charge in [-0.05, 0) is 52.3 Å². The van der Waals surface area contributed by atoms with Crippen LogP contribution in [0.2, 0.25) is 0 Å². The van der Waals surface area contributed by atoms with Gasteiger partial charge >= 0.3 is 0 Å². The Morgan fingerprint density at radius 1 is 1.42 bits per heavy atom. The molecule has 5 heteroatoms. The Bertz CT molecular complexity index is 631. The number of carbonyl (C=O) groups is 1. The second-order valence-corrected chi connectivity index (χ2v) is 5.61. The first-order valence-electron chi connectivity index (χ1n) is 5.43. The minimum absolute atomic E-state index is 0.0187. The number of hydrogen-bond donors (Lipinski definition) is 1. The lowest BCUT2D eigenvalue weighted by molar-refractivity contribution is 0.104. The molecule has 1 aromatic carbocycles. The van der Waals surface area contributed by atoms with Crippen molar-refractivity contribution in [3.8, 4) is 11.5 Å². The monoisotopic (exact) mass is 338 g/mol. The van der Waals surface area contributed by atoms with E-state index in [4.69, 9.17) is 4.74 Å². The van der Waals surface area contributed by atoms with Gasteiger partial charge in [0.05, 0.1) is 7.11 Å². The standard InChI is InChI=1S/C14H11BrO3S/c1-18-14-6-9(2-4-13(14)17)12(16)5-3-11-7-10(15)8-19-11/h2-8,17H,1H3/b5-3+. The van der Waals surface area contributed by atoms with Crippen LogP contribution >= 0.6 is 27.3 Å². The molecule has 0 fully saturated rings. The Morgan fingerprint density at radius 3 is 2.84 bits per heavy atom. The van der Waals surface area contributed by atoms with Gasteiger partial charge in [-0.1, -0.05) is 0 Å². The van der Waals surface area contributed by atoms with Crippen molar-refractivity contribution in [2.45, 2.75) is 0 Å². The molecule has 19 heavy (non-hydrogen) atoms. The summed E-state index contributed by atoms with van der Waals surface area (Å²) in [5.74, 6) is 0.172. The zero-order chi connectivity index (χ0) is 13.8. The number of benzene rings is 1. The van der Waals surface area contributed by atoms with Crippen LogP contribution in [-0.4, -0.2) is 18.0 Å². The van der Waals surface area contributed by atoms with Gasteiger partial charge < -0.3 is 9.84 Å². The van der Waals surface area contributed by atoms with E-state index in [0.29, 0.717) is 5.56 Å². The minimum Gasteiger partial charge on any atom is -0.504 e. The quantitative estimate of drug-likeness (QED) is 0.673. The first-order chi connectivity index (χ1) is 9.10. The van der Waals surface area contributed by atoms with Crippen molar-refractivity contribution < 1.29 is 14.6 Å². The van der Waals surface area contributed by atoms with Crippen LogP contribution in [0.1, 0.15) is 15.2 Å². The largest absolute Gasteiger partial charge is 0.504 e. The first kappa shape index (κ1) is 13.8. The number of phenolic OH excluding ortho intramolecular Hbond substituents is 1. The van der Waals surface area contributed by atoms with Crippen molar-refractivity contribution >= 4 is 39.1 Å². The number of thiophene rings is 1. The van der Waals surface area contributed by atoms with Gasteiger partial charge in [-0.25, -0.2) is 0 Å². The molecule has 0 unspecified atom stereocenters. The van der Waals surface area contributed by atoms with Gasteiger partial charge in [0.25, 0.3) is 0 Å². The van der Waals surface area contributed by atoms with E-state index >= 15 is 0 Å². The number of carbonyl (C=O) groups excluding carboxylic acids is 1. The van der Waals surface area contributed by atoms with Crippen molar-refractivity contribution in [3.05, 3.63) is 50.6 Å². The number of allylic oxidation sites excluding steroid dienone is 1. The van der Waals surface area contributed by atoms with Gasteiger partial charge in [0, 0.05) is 20.3 Å². The van der Waals surface area contributed by atoms with Crippen LogP contribution in [0, 0.1) is 0 Å². The number of ketones is 1. The highest BCUT2D eigenvalue weighted by atomic mass is 79.9. The SMILES string of the molecule is COc1cc(C(=O)/C=C/c2cc(Br)cs2)ccc1O. The normalized spacial score (nSPS) is 10.8. The van der Waals surface area contributed by atoms with E-state index < -0.39 is 0 Å². The van der Waals surface area contributed by atoms with Gasteiger partial charge in [0.2, 0.25) is 0 Å². The fourth-order valence-corrected chi connectivity index (χ4v) is 2.84. The topological polar surface area (TPSA) is 46.5 Å². The summed E-state index contributed by atoms with van der Waals surface area (Å²) < 4.78 is 5.97. The summed E-state index contributed by atoms with van der Waals surface area (Å²) in [6.45, 7) is 0. The van der Waals surface area contributed by atoms with Crippen LogP contribution in [0.3, 0.4) is 0 Å². The molecule has 0 aliphatic rings. The van der Waals surface area contributed by atoms with E-state index in [9.17, 15) is 9.90 Å². The Kier molecular flexibility index (Phi) is 4.39. The average Bonchev–Trinajstić information content (AvgIpc) is 2.82. The Morgan fingerprint density at radius 2 is 2.21 bits per heavy atom. The molecule has 2 aromatic rings. The van der Waals surface area contributed by atoms with Crippen LogP contribution in [0.15, 0.2) is 40.2 Å². The summed E-state index contributed by atoms with van der Waals surface area (Å²) >= 11 is 4.90. The number of methoxy groups -OCH3 is 1. The predicted molar refractivity (Wildman–Crippen MR) is 80.0 cm³/mol. The molecule has 0 aliphatic heterocycles. The fourth-order valence-electron chi connectivity index (χ4n) is 1.50. The van der Waals surface area contributed by atoms with E-state index in [-0.39, 0.29) is 17.3 Å². The third kappa shape index (κ3) is 3.45. The molecule has 1 heterocycles. The average molecular weight is 339 g/mol. The number of halogens is 1. The van der Waals surface area contributed by atoms with Gasteiger partial charge in [-0.3, -0.25) is 4.79 Å². The van der Waals surface area contributed by atoms with Crippen LogP contribution in [-0.2, 0) is 0 Å². The summed E-state index contributed by atoms with van der Waals surface area (Å²) in [6, 6.07) is 6.47. The number of hydrogen-bond acceptors (Lipinski definition) is 4. The van der Waals surface area contributed by atoms with Gasteiger partial charge in [0.1, 0.15) is 0 Å². The molecule has 0 amide bonds. The number of rotatable bonds is 4. The summed E-state index contributed by atoms with van der Waals surface area (Å²) in [7, 11) is 1.45. The van der Waals surface area contributed by atoms with E-state index in [1.54, 1.807) is 23.5 Å². The lowest BCUT2D eigenvalue weighted by Crippen LogP contribution is -1.95. The number of aromatic hydroxyl groups is 1. The molecule has 1 N–H and O–H groups in total. The predicted octanol–water partition coefficient (Wildman–Crippen LogP) is 4.12.